The quantitative estimate of drug-likeness (QED) is 0.202. The first-order chi connectivity index (χ1) is 16.4. The summed E-state index contributed by atoms with van der Waals surface area (Å²) >= 11 is 1.00. The second-order valence-electron chi connectivity index (χ2n) is 7.93. The molecule has 34 heavy (non-hydrogen) atoms. The molecule has 0 spiro atoms. The largest absolute Gasteiger partial charge is 0.494 e. The predicted molar refractivity (Wildman–Crippen MR) is 134 cm³/mol. The highest BCUT2D eigenvalue weighted by Crippen LogP contribution is 2.22. The third-order valence-corrected chi connectivity index (χ3v) is 5.96. The van der Waals surface area contributed by atoms with Crippen LogP contribution in [0.15, 0.2) is 53.3 Å². The molecular formula is C24H32N4O5S. The van der Waals surface area contributed by atoms with E-state index in [4.69, 9.17) is 9.47 Å². The molecule has 184 valence electrons. The van der Waals surface area contributed by atoms with Gasteiger partial charge in [0.25, 0.3) is 0 Å². The third-order valence-electron chi connectivity index (χ3n) is 5.09. The number of aromatic amines is 1. The van der Waals surface area contributed by atoms with Crippen LogP contribution in [0.2, 0.25) is 0 Å². The Hall–Kier alpha value is -3.05. The predicted octanol–water partition coefficient (Wildman–Crippen LogP) is 2.12. The summed E-state index contributed by atoms with van der Waals surface area (Å²) in [6.45, 7) is 2.68. The number of nitrogens with one attached hydrogen (secondary N) is 4. The van der Waals surface area contributed by atoms with Crippen molar-refractivity contribution in [3.63, 3.8) is 0 Å². The molecule has 3 rings (SSSR count). The summed E-state index contributed by atoms with van der Waals surface area (Å²) in [4.78, 5) is 14.0. The number of thiazole rings is 1. The van der Waals surface area contributed by atoms with Crippen LogP contribution in [0, 0.1) is 0 Å². The van der Waals surface area contributed by atoms with E-state index in [9.17, 15) is 15.0 Å². The minimum absolute atomic E-state index is 0.0786. The molecule has 3 aromatic rings. The van der Waals surface area contributed by atoms with Gasteiger partial charge in [-0.3, -0.25) is 15.1 Å². The van der Waals surface area contributed by atoms with E-state index in [0.717, 1.165) is 22.6 Å². The Balaban J connectivity index is 1.55. The molecule has 0 aliphatic heterocycles. The molecule has 0 saturated carbocycles. The Labute approximate surface area is 202 Å². The lowest BCUT2D eigenvalue weighted by Gasteiger charge is -2.28. The van der Waals surface area contributed by atoms with Gasteiger partial charge in [0.05, 0.1) is 4.88 Å². The molecule has 9 nitrogen and oxygen atoms in total. The molecule has 2 aromatic carbocycles. The lowest BCUT2D eigenvalue weighted by atomic mass is 10.1. The van der Waals surface area contributed by atoms with Crippen molar-refractivity contribution in [1.29, 1.82) is 0 Å². The Kier molecular flexibility index (Phi) is 9.34. The fourth-order valence-corrected chi connectivity index (χ4v) is 4.08. The summed E-state index contributed by atoms with van der Waals surface area (Å²) in [5, 5.41) is 29.6. The number of rotatable bonds is 13. The summed E-state index contributed by atoms with van der Waals surface area (Å²) in [7, 11) is 3.61. The molecular weight excluding hydrogens is 456 g/mol. The van der Waals surface area contributed by atoms with Crippen molar-refractivity contribution in [2.24, 2.45) is 0 Å². The number of anilines is 1. The fraction of sp³-hybridized carbons (Fsp3) is 0.375. The van der Waals surface area contributed by atoms with E-state index in [1.807, 2.05) is 62.5 Å². The van der Waals surface area contributed by atoms with Crippen LogP contribution < -0.4 is 30.3 Å². The summed E-state index contributed by atoms with van der Waals surface area (Å²) in [5.74, 6) is 1.26. The van der Waals surface area contributed by atoms with Gasteiger partial charge >= 0.3 is 4.87 Å². The molecule has 0 amide bonds. The molecule has 0 saturated heterocycles. The number of hydrogen-bond acceptors (Lipinski definition) is 9. The molecule has 10 heteroatoms. The smallest absolute Gasteiger partial charge is 0.307 e. The van der Waals surface area contributed by atoms with E-state index in [0.29, 0.717) is 35.9 Å². The first-order valence-corrected chi connectivity index (χ1v) is 11.9. The summed E-state index contributed by atoms with van der Waals surface area (Å²) in [6.07, 6.45) is -0.947. The molecule has 0 fully saturated rings. The van der Waals surface area contributed by atoms with Crippen molar-refractivity contribution in [1.82, 2.24) is 15.6 Å². The van der Waals surface area contributed by atoms with E-state index in [1.54, 1.807) is 7.05 Å². The Bertz CT molecular complexity index is 1090. The second kappa shape index (κ2) is 12.4. The van der Waals surface area contributed by atoms with Crippen LogP contribution in [0.5, 0.6) is 17.4 Å². The molecule has 6 N–H and O–H groups in total. The second-order valence-corrected chi connectivity index (χ2v) is 8.99. The number of aromatic hydroxyl groups is 1. The van der Waals surface area contributed by atoms with Gasteiger partial charge in [0.15, 0.2) is 6.23 Å². The maximum atomic E-state index is 11.3. The molecule has 3 unspecified atom stereocenters. The average Bonchev–Trinajstić information content (AvgIpc) is 3.14. The SMILES string of the molecule is CNCC(O)C(NC(C)COc1ccc(Cc2sc(=O)[nH]c2O)cc1)Oc1cccc(NC)c1. The zero-order valence-electron chi connectivity index (χ0n) is 19.5. The number of ether oxygens (including phenoxy) is 2. The van der Waals surface area contributed by atoms with Crippen molar-refractivity contribution in [2.45, 2.75) is 31.7 Å². The van der Waals surface area contributed by atoms with Crippen LogP contribution in [0.3, 0.4) is 0 Å². The normalized spacial score (nSPS) is 13.8. The van der Waals surface area contributed by atoms with Crippen LogP contribution in [0.25, 0.3) is 0 Å². The third kappa shape index (κ3) is 7.49. The van der Waals surface area contributed by atoms with Crippen molar-refractivity contribution in [2.75, 3.05) is 32.6 Å². The van der Waals surface area contributed by atoms with E-state index in [1.165, 1.54) is 0 Å². The number of H-pyrrole nitrogens is 1. The van der Waals surface area contributed by atoms with Crippen molar-refractivity contribution in [3.8, 4) is 17.4 Å². The molecule has 0 radical (unpaired) electrons. The Morgan fingerprint density at radius 2 is 1.88 bits per heavy atom. The zero-order chi connectivity index (χ0) is 24.5. The molecule has 0 aliphatic carbocycles. The lowest BCUT2D eigenvalue weighted by molar-refractivity contribution is 0.00772. The van der Waals surface area contributed by atoms with Crippen molar-refractivity contribution < 1.29 is 19.7 Å². The monoisotopic (exact) mass is 488 g/mol. The van der Waals surface area contributed by atoms with E-state index < -0.39 is 12.3 Å². The first kappa shape index (κ1) is 25.6. The molecule has 1 heterocycles. The van der Waals surface area contributed by atoms with Gasteiger partial charge in [-0.15, -0.1) is 0 Å². The highest BCUT2D eigenvalue weighted by atomic mass is 32.1. The van der Waals surface area contributed by atoms with Gasteiger partial charge < -0.3 is 30.3 Å². The van der Waals surface area contributed by atoms with Crippen molar-refractivity contribution in [3.05, 3.63) is 68.6 Å². The topological polar surface area (TPSA) is 128 Å². The average molecular weight is 489 g/mol. The Morgan fingerprint density at radius 3 is 2.53 bits per heavy atom. The molecule has 0 aliphatic rings. The first-order valence-electron chi connectivity index (χ1n) is 11.0. The minimum Gasteiger partial charge on any atom is -0.494 e. The van der Waals surface area contributed by atoms with Crippen LogP contribution in [-0.2, 0) is 6.42 Å². The summed E-state index contributed by atoms with van der Waals surface area (Å²) in [5.41, 5.74) is 1.87. The van der Waals surface area contributed by atoms with Gasteiger partial charge in [-0.05, 0) is 43.8 Å². The van der Waals surface area contributed by atoms with Gasteiger partial charge in [-0.25, -0.2) is 0 Å². The number of aliphatic hydroxyl groups is 1. The highest BCUT2D eigenvalue weighted by Gasteiger charge is 2.23. The van der Waals surface area contributed by atoms with Crippen LogP contribution in [0.1, 0.15) is 17.4 Å². The number of likely N-dealkylation sites (N-methyl/N-ethyl adjacent to an activating group) is 1. The minimum atomic E-state index is -0.773. The zero-order valence-corrected chi connectivity index (χ0v) is 20.3. The van der Waals surface area contributed by atoms with E-state index in [2.05, 4.69) is 20.9 Å². The van der Waals surface area contributed by atoms with E-state index >= 15 is 0 Å². The summed E-state index contributed by atoms with van der Waals surface area (Å²) in [6, 6.07) is 14.9. The molecule has 3 atom stereocenters. The number of aliphatic hydroxyl groups excluding tert-OH is 1. The fourth-order valence-electron chi connectivity index (χ4n) is 3.32. The van der Waals surface area contributed by atoms with Crippen LogP contribution in [0.4, 0.5) is 5.69 Å². The van der Waals surface area contributed by atoms with Gasteiger partial charge in [0.2, 0.25) is 5.88 Å². The maximum Gasteiger partial charge on any atom is 0.307 e. The summed E-state index contributed by atoms with van der Waals surface area (Å²) < 4.78 is 11.9. The van der Waals surface area contributed by atoms with Gasteiger partial charge in [0.1, 0.15) is 24.2 Å². The molecule has 0 bridgehead atoms. The number of aromatic nitrogens is 1. The standard InChI is InChI=1S/C24H32N4O5S/c1-15(27-23(20(29)13-25-2)33-19-6-4-5-17(12-19)26-3)14-32-18-9-7-16(8-10-18)11-21-22(30)28-24(31)34-21/h4-10,12,15,20,23,25-27,29-30H,11,13-14H2,1-3H3,(H,28,31). The van der Waals surface area contributed by atoms with E-state index in [-0.39, 0.29) is 16.8 Å². The number of benzene rings is 2. The van der Waals surface area contributed by atoms with Crippen LogP contribution in [-0.4, -0.2) is 60.8 Å². The maximum absolute atomic E-state index is 11.3. The number of hydrogen-bond donors (Lipinski definition) is 6. The van der Waals surface area contributed by atoms with Gasteiger partial charge in [-0.2, -0.15) is 0 Å². The van der Waals surface area contributed by atoms with Crippen molar-refractivity contribution >= 4 is 17.0 Å². The van der Waals surface area contributed by atoms with Gasteiger partial charge in [-0.1, -0.05) is 29.5 Å². The Morgan fingerprint density at radius 1 is 1.12 bits per heavy atom. The molecule has 1 aromatic heterocycles. The van der Waals surface area contributed by atoms with Gasteiger partial charge in [0, 0.05) is 37.8 Å². The lowest BCUT2D eigenvalue weighted by Crippen LogP contribution is -2.52. The highest BCUT2D eigenvalue weighted by molar-refractivity contribution is 7.09. The van der Waals surface area contributed by atoms with Crippen LogP contribution >= 0.6 is 11.3 Å².